The molecule has 1 aromatic rings. The highest BCUT2D eigenvalue weighted by molar-refractivity contribution is 6.29. The van der Waals surface area contributed by atoms with E-state index in [9.17, 15) is 4.79 Å². The van der Waals surface area contributed by atoms with Crippen LogP contribution in [-0.2, 0) is 11.3 Å². The molecule has 0 saturated carbocycles. The molecule has 0 bridgehead atoms. The predicted molar refractivity (Wildman–Crippen MR) is 68.9 cm³/mol. The van der Waals surface area contributed by atoms with Crippen molar-refractivity contribution in [1.29, 1.82) is 0 Å². The summed E-state index contributed by atoms with van der Waals surface area (Å²) in [6, 6.07) is 3.62. The normalized spacial score (nSPS) is 11.4. The first kappa shape index (κ1) is 13.9. The summed E-state index contributed by atoms with van der Waals surface area (Å²) < 4.78 is 0. The summed E-state index contributed by atoms with van der Waals surface area (Å²) in [5, 5.41) is 3.67. The van der Waals surface area contributed by atoms with Gasteiger partial charge in [0.05, 0.1) is 5.54 Å². The molecule has 0 aromatic carbocycles. The van der Waals surface area contributed by atoms with Crippen LogP contribution < -0.4 is 5.32 Å². The number of likely N-dealkylation sites (N-methyl/N-ethyl adjacent to an activating group) is 1. The molecule has 0 atom stereocenters. The Bertz CT molecular complexity index is 387. The van der Waals surface area contributed by atoms with E-state index in [-0.39, 0.29) is 5.91 Å². The summed E-state index contributed by atoms with van der Waals surface area (Å²) in [5.41, 5.74) is 0.400. The predicted octanol–water partition coefficient (Wildman–Crippen LogP) is 1.69. The van der Waals surface area contributed by atoms with E-state index in [0.29, 0.717) is 11.7 Å². The molecule has 1 amide bonds. The number of nitrogens with one attached hydrogen (secondary N) is 1. The second-order valence-corrected chi connectivity index (χ2v) is 5.05. The van der Waals surface area contributed by atoms with Gasteiger partial charge in [-0.2, -0.15) is 0 Å². The molecular weight excluding hydrogens is 238 g/mol. The maximum absolute atomic E-state index is 11.9. The standard InChI is InChI=1S/C12H18ClN3O/c1-12(2,11(17)16(3)4)15-8-9-5-6-10(13)14-7-9/h5-7,15H,8H2,1-4H3. The Morgan fingerprint density at radius 1 is 1.47 bits per heavy atom. The lowest BCUT2D eigenvalue weighted by atomic mass is 10.0. The van der Waals surface area contributed by atoms with E-state index in [2.05, 4.69) is 10.3 Å². The van der Waals surface area contributed by atoms with Crippen LogP contribution in [0.5, 0.6) is 0 Å². The third kappa shape index (κ3) is 3.98. The van der Waals surface area contributed by atoms with Crippen molar-refractivity contribution in [2.75, 3.05) is 14.1 Å². The summed E-state index contributed by atoms with van der Waals surface area (Å²) in [5.74, 6) is 0.0411. The van der Waals surface area contributed by atoms with Gasteiger partial charge in [-0.05, 0) is 25.5 Å². The van der Waals surface area contributed by atoms with Crippen LogP contribution >= 0.6 is 11.6 Å². The highest BCUT2D eigenvalue weighted by Crippen LogP contribution is 2.09. The van der Waals surface area contributed by atoms with E-state index in [1.54, 1.807) is 31.3 Å². The van der Waals surface area contributed by atoms with Crippen LogP contribution in [0.25, 0.3) is 0 Å². The minimum Gasteiger partial charge on any atom is -0.347 e. The van der Waals surface area contributed by atoms with Crippen molar-refractivity contribution in [3.8, 4) is 0 Å². The summed E-state index contributed by atoms with van der Waals surface area (Å²) in [6.07, 6.45) is 1.70. The van der Waals surface area contributed by atoms with Crippen LogP contribution in [0.3, 0.4) is 0 Å². The number of aromatic nitrogens is 1. The van der Waals surface area contributed by atoms with Crippen molar-refractivity contribution < 1.29 is 4.79 Å². The van der Waals surface area contributed by atoms with Gasteiger partial charge in [0.2, 0.25) is 5.91 Å². The number of nitrogens with zero attached hydrogens (tertiary/aromatic N) is 2. The molecule has 0 aliphatic heterocycles. The third-order valence-corrected chi connectivity index (χ3v) is 2.69. The molecule has 1 aromatic heterocycles. The largest absolute Gasteiger partial charge is 0.347 e. The van der Waals surface area contributed by atoms with Gasteiger partial charge in [0.1, 0.15) is 5.15 Å². The molecule has 94 valence electrons. The van der Waals surface area contributed by atoms with Crippen LogP contribution in [0.15, 0.2) is 18.3 Å². The number of halogens is 1. The summed E-state index contributed by atoms with van der Waals surface area (Å²) >= 11 is 5.70. The molecule has 1 rings (SSSR count). The Morgan fingerprint density at radius 2 is 2.12 bits per heavy atom. The van der Waals surface area contributed by atoms with E-state index < -0.39 is 5.54 Å². The van der Waals surface area contributed by atoms with E-state index in [4.69, 9.17) is 11.6 Å². The van der Waals surface area contributed by atoms with Crippen molar-refractivity contribution in [1.82, 2.24) is 15.2 Å². The van der Waals surface area contributed by atoms with Crippen molar-refractivity contribution in [2.24, 2.45) is 0 Å². The van der Waals surface area contributed by atoms with Crippen LogP contribution in [0, 0.1) is 0 Å². The number of carbonyl (C=O) groups excluding carboxylic acids is 1. The Morgan fingerprint density at radius 3 is 2.59 bits per heavy atom. The molecule has 4 nitrogen and oxygen atoms in total. The lowest BCUT2D eigenvalue weighted by Crippen LogP contribution is -2.51. The second kappa shape index (κ2) is 5.47. The minimum absolute atomic E-state index is 0.0411. The molecule has 0 aliphatic carbocycles. The smallest absolute Gasteiger partial charge is 0.241 e. The van der Waals surface area contributed by atoms with E-state index >= 15 is 0 Å². The van der Waals surface area contributed by atoms with E-state index in [1.807, 2.05) is 19.9 Å². The topological polar surface area (TPSA) is 45.2 Å². The second-order valence-electron chi connectivity index (χ2n) is 4.67. The fourth-order valence-electron chi connectivity index (χ4n) is 1.47. The van der Waals surface area contributed by atoms with E-state index in [1.165, 1.54) is 0 Å². The number of carbonyl (C=O) groups is 1. The first-order valence-corrected chi connectivity index (χ1v) is 5.78. The molecule has 0 spiro atoms. The quantitative estimate of drug-likeness (QED) is 0.833. The van der Waals surface area contributed by atoms with Gasteiger partial charge in [0.25, 0.3) is 0 Å². The van der Waals surface area contributed by atoms with Crippen molar-refractivity contribution in [2.45, 2.75) is 25.9 Å². The lowest BCUT2D eigenvalue weighted by Gasteiger charge is -2.28. The zero-order valence-electron chi connectivity index (χ0n) is 10.6. The Labute approximate surface area is 107 Å². The van der Waals surface area contributed by atoms with Crippen molar-refractivity contribution in [3.63, 3.8) is 0 Å². The first-order chi connectivity index (χ1) is 7.83. The molecule has 0 fully saturated rings. The monoisotopic (exact) mass is 255 g/mol. The Hall–Kier alpha value is -1.13. The van der Waals surface area contributed by atoms with Gasteiger partial charge in [-0.15, -0.1) is 0 Å². The average molecular weight is 256 g/mol. The van der Waals surface area contributed by atoms with Crippen LogP contribution in [0.4, 0.5) is 0 Å². The third-order valence-electron chi connectivity index (χ3n) is 2.46. The number of rotatable bonds is 4. The highest BCUT2D eigenvalue weighted by atomic mass is 35.5. The molecule has 1 N–H and O–H groups in total. The first-order valence-electron chi connectivity index (χ1n) is 5.40. The van der Waals surface area contributed by atoms with E-state index in [0.717, 1.165) is 5.56 Å². The number of hydrogen-bond donors (Lipinski definition) is 1. The molecule has 0 aliphatic rings. The lowest BCUT2D eigenvalue weighted by molar-refractivity contribution is -0.134. The van der Waals surface area contributed by atoms with Gasteiger partial charge in [0.15, 0.2) is 0 Å². The molecule has 5 heteroatoms. The average Bonchev–Trinajstić information content (AvgIpc) is 2.27. The summed E-state index contributed by atoms with van der Waals surface area (Å²) in [6.45, 7) is 4.30. The number of amides is 1. The van der Waals surface area contributed by atoms with Gasteiger partial charge in [-0.3, -0.25) is 10.1 Å². The number of pyridine rings is 1. The Balaban J connectivity index is 2.61. The van der Waals surface area contributed by atoms with Gasteiger partial charge < -0.3 is 4.90 Å². The zero-order valence-corrected chi connectivity index (χ0v) is 11.4. The molecule has 0 radical (unpaired) electrons. The molecular formula is C12H18ClN3O. The van der Waals surface area contributed by atoms with Gasteiger partial charge >= 0.3 is 0 Å². The fourth-order valence-corrected chi connectivity index (χ4v) is 1.58. The SMILES string of the molecule is CN(C)C(=O)C(C)(C)NCc1ccc(Cl)nc1. The maximum Gasteiger partial charge on any atom is 0.241 e. The van der Waals surface area contributed by atoms with Gasteiger partial charge in [0, 0.05) is 26.8 Å². The Kier molecular flexibility index (Phi) is 4.48. The summed E-state index contributed by atoms with van der Waals surface area (Å²) in [7, 11) is 3.49. The van der Waals surface area contributed by atoms with Gasteiger partial charge in [-0.25, -0.2) is 4.98 Å². The molecule has 17 heavy (non-hydrogen) atoms. The van der Waals surface area contributed by atoms with Crippen molar-refractivity contribution >= 4 is 17.5 Å². The fraction of sp³-hybridized carbons (Fsp3) is 0.500. The molecule has 1 heterocycles. The molecule has 0 saturated heterocycles. The highest BCUT2D eigenvalue weighted by Gasteiger charge is 2.28. The van der Waals surface area contributed by atoms with Crippen molar-refractivity contribution in [3.05, 3.63) is 29.0 Å². The number of hydrogen-bond acceptors (Lipinski definition) is 3. The minimum atomic E-state index is -0.594. The zero-order chi connectivity index (χ0) is 13.1. The van der Waals surface area contributed by atoms with Gasteiger partial charge in [-0.1, -0.05) is 17.7 Å². The maximum atomic E-state index is 11.9. The molecule has 0 unspecified atom stereocenters. The van der Waals surface area contributed by atoms with Crippen LogP contribution in [0.1, 0.15) is 19.4 Å². The summed E-state index contributed by atoms with van der Waals surface area (Å²) in [4.78, 5) is 17.4. The van der Waals surface area contributed by atoms with Crippen LogP contribution in [-0.4, -0.2) is 35.4 Å². The van der Waals surface area contributed by atoms with Crippen LogP contribution in [0.2, 0.25) is 5.15 Å².